The summed E-state index contributed by atoms with van der Waals surface area (Å²) in [5.74, 6) is 0.106. The van der Waals surface area contributed by atoms with Gasteiger partial charge in [-0.3, -0.25) is 0 Å². The number of oxazole rings is 1. The van der Waals surface area contributed by atoms with Crippen molar-refractivity contribution in [2.45, 2.75) is 13.3 Å². The first-order chi connectivity index (χ1) is 8.22. The molecule has 0 spiro atoms. The number of hydrogen-bond acceptors (Lipinski definition) is 3. The van der Waals surface area contributed by atoms with Gasteiger partial charge in [0.25, 0.3) is 0 Å². The normalized spacial score (nSPS) is 10.6. The number of aromatic nitrogens is 1. The Kier molecular flexibility index (Phi) is 5.36. The second-order valence-corrected chi connectivity index (χ2v) is 3.45. The van der Waals surface area contributed by atoms with E-state index >= 15 is 0 Å². The maximum atomic E-state index is 13.2. The second kappa shape index (κ2) is 6.81. The van der Waals surface area contributed by atoms with Crippen molar-refractivity contribution in [1.82, 2.24) is 10.3 Å². The van der Waals surface area contributed by atoms with E-state index in [1.807, 2.05) is 27.1 Å². The summed E-state index contributed by atoms with van der Waals surface area (Å²) in [5, 5.41) is 2.75. The summed E-state index contributed by atoms with van der Waals surface area (Å²) in [6.07, 6.45) is 4.57. The molecule has 1 aromatic carbocycles. The number of allylic oxidation sites excluding steroid dienone is 1. The van der Waals surface area contributed by atoms with Crippen molar-refractivity contribution < 1.29 is 8.81 Å². The number of fused-ring (bicyclic) bond motifs is 1. The summed E-state index contributed by atoms with van der Waals surface area (Å²) in [6, 6.07) is 4.68. The fraction of sp³-hybridized carbons (Fsp3) is 0.308. The van der Waals surface area contributed by atoms with Crippen LogP contribution < -0.4 is 5.32 Å². The lowest BCUT2D eigenvalue weighted by Gasteiger charge is -1.85. The molecule has 3 nitrogen and oxygen atoms in total. The van der Waals surface area contributed by atoms with Gasteiger partial charge in [0.1, 0.15) is 5.52 Å². The molecule has 1 heterocycles. The van der Waals surface area contributed by atoms with E-state index in [0.29, 0.717) is 17.0 Å². The summed E-state index contributed by atoms with van der Waals surface area (Å²) in [4.78, 5) is 4.02. The summed E-state index contributed by atoms with van der Waals surface area (Å²) >= 11 is 0. The molecular weight excluding hydrogens is 219 g/mol. The second-order valence-electron chi connectivity index (χ2n) is 3.45. The van der Waals surface area contributed by atoms with E-state index in [0.717, 1.165) is 6.42 Å². The number of nitrogens with one attached hydrogen (secondary N) is 1. The van der Waals surface area contributed by atoms with Crippen molar-refractivity contribution in [3.63, 3.8) is 0 Å². The van der Waals surface area contributed by atoms with E-state index in [4.69, 9.17) is 4.42 Å². The lowest BCUT2D eigenvalue weighted by molar-refractivity contribution is 0.588. The average Bonchev–Trinajstić information content (AvgIpc) is 2.72. The topological polar surface area (TPSA) is 38.1 Å². The molecule has 0 atom stereocenters. The van der Waals surface area contributed by atoms with Gasteiger partial charge in [-0.1, -0.05) is 19.1 Å². The quantitative estimate of drug-likeness (QED) is 0.870. The zero-order valence-electron chi connectivity index (χ0n) is 10.3. The number of nitrogens with zero attached hydrogens (tertiary/aromatic N) is 1. The van der Waals surface area contributed by atoms with Gasteiger partial charge in [0.15, 0.2) is 11.4 Å². The lowest BCUT2D eigenvalue weighted by Crippen LogP contribution is -1.89. The van der Waals surface area contributed by atoms with Gasteiger partial charge in [0.2, 0.25) is 5.89 Å². The molecular formula is C13H17FN2O. The van der Waals surface area contributed by atoms with Crippen LogP contribution in [-0.4, -0.2) is 19.1 Å². The molecule has 0 saturated carbocycles. The first kappa shape index (κ1) is 13.4. The van der Waals surface area contributed by atoms with Gasteiger partial charge in [-0.15, -0.1) is 0 Å². The molecule has 0 bridgehead atoms. The van der Waals surface area contributed by atoms with Gasteiger partial charge >= 0.3 is 0 Å². The first-order valence-corrected chi connectivity index (χ1v) is 5.53. The Hall–Kier alpha value is -1.68. The monoisotopic (exact) mass is 236 g/mol. The Balaban J connectivity index is 0.000000437. The summed E-state index contributed by atoms with van der Waals surface area (Å²) in [7, 11) is 3.75. The van der Waals surface area contributed by atoms with Crippen LogP contribution in [-0.2, 0) is 0 Å². The highest BCUT2D eigenvalue weighted by Gasteiger charge is 2.06. The van der Waals surface area contributed by atoms with Gasteiger partial charge in [0.05, 0.1) is 0 Å². The average molecular weight is 236 g/mol. The minimum absolute atomic E-state index is 0.295. The van der Waals surface area contributed by atoms with Gasteiger partial charge in [-0.05, 0) is 38.7 Å². The maximum absolute atomic E-state index is 13.2. The smallest absolute Gasteiger partial charge is 0.219 e. The zero-order valence-corrected chi connectivity index (χ0v) is 10.3. The molecule has 1 N–H and O–H groups in total. The molecule has 2 aromatic rings. The standard InChI is InChI=1S/C11H10FNO.C2H7N/c1-2-3-7-10-13-11-8(12)5-4-6-9(11)14-10;1-3-2/h3-7H,2H2,1H3;3H,1-2H3/b7-3+;. The van der Waals surface area contributed by atoms with E-state index in [-0.39, 0.29) is 5.82 Å². The van der Waals surface area contributed by atoms with Crippen LogP contribution in [0.2, 0.25) is 0 Å². The van der Waals surface area contributed by atoms with Gasteiger partial charge in [-0.25, -0.2) is 9.37 Å². The summed E-state index contributed by atoms with van der Waals surface area (Å²) in [6.45, 7) is 2.01. The highest BCUT2D eigenvalue weighted by molar-refractivity contribution is 5.74. The molecule has 0 aliphatic rings. The van der Waals surface area contributed by atoms with Crippen LogP contribution in [0.4, 0.5) is 4.39 Å². The first-order valence-electron chi connectivity index (χ1n) is 5.53. The van der Waals surface area contributed by atoms with Crippen LogP contribution in [0.25, 0.3) is 17.2 Å². The van der Waals surface area contributed by atoms with Crippen molar-refractivity contribution in [3.8, 4) is 0 Å². The third-order valence-electron chi connectivity index (χ3n) is 1.88. The number of hydrogen-bond donors (Lipinski definition) is 1. The zero-order chi connectivity index (χ0) is 12.7. The minimum atomic E-state index is -0.345. The van der Waals surface area contributed by atoms with Crippen LogP contribution >= 0.6 is 0 Å². The Morgan fingerprint density at radius 2 is 2.12 bits per heavy atom. The molecule has 1 aromatic heterocycles. The Bertz CT molecular complexity index is 491. The Morgan fingerprint density at radius 3 is 2.71 bits per heavy atom. The lowest BCUT2D eigenvalue weighted by atomic mass is 10.3. The van der Waals surface area contributed by atoms with Crippen LogP contribution in [0.3, 0.4) is 0 Å². The fourth-order valence-electron chi connectivity index (χ4n) is 1.22. The summed E-state index contributed by atoms with van der Waals surface area (Å²) < 4.78 is 18.5. The highest BCUT2D eigenvalue weighted by Crippen LogP contribution is 2.18. The van der Waals surface area contributed by atoms with Crippen LogP contribution in [0.5, 0.6) is 0 Å². The Labute approximate surface area is 100 Å². The van der Waals surface area contributed by atoms with E-state index in [2.05, 4.69) is 10.3 Å². The Morgan fingerprint density at radius 1 is 1.41 bits per heavy atom. The molecule has 0 fully saturated rings. The molecule has 0 saturated heterocycles. The number of rotatable bonds is 2. The van der Waals surface area contributed by atoms with Crippen molar-refractivity contribution in [2.24, 2.45) is 0 Å². The van der Waals surface area contributed by atoms with Crippen LogP contribution in [0.15, 0.2) is 28.7 Å². The molecule has 0 amide bonds. The van der Waals surface area contributed by atoms with Crippen LogP contribution in [0.1, 0.15) is 19.2 Å². The predicted molar refractivity (Wildman–Crippen MR) is 68.3 cm³/mol. The van der Waals surface area contributed by atoms with Gasteiger partial charge < -0.3 is 9.73 Å². The number of halogens is 1. The fourth-order valence-corrected chi connectivity index (χ4v) is 1.22. The summed E-state index contributed by atoms with van der Waals surface area (Å²) in [5.41, 5.74) is 0.781. The van der Waals surface area contributed by atoms with E-state index < -0.39 is 0 Å². The van der Waals surface area contributed by atoms with Crippen molar-refractivity contribution >= 4 is 17.2 Å². The maximum Gasteiger partial charge on any atom is 0.219 e. The molecule has 0 aliphatic heterocycles. The molecule has 4 heteroatoms. The highest BCUT2D eigenvalue weighted by atomic mass is 19.1. The molecule has 0 aliphatic carbocycles. The van der Waals surface area contributed by atoms with Gasteiger partial charge in [-0.2, -0.15) is 0 Å². The predicted octanol–water partition coefficient (Wildman–Crippen LogP) is 3.23. The SMILES string of the molecule is CC/C=C/c1nc2c(F)cccc2o1.CNC. The van der Waals surface area contributed by atoms with Crippen molar-refractivity contribution in [1.29, 1.82) is 0 Å². The van der Waals surface area contributed by atoms with E-state index in [1.54, 1.807) is 18.2 Å². The van der Waals surface area contributed by atoms with Crippen LogP contribution in [0, 0.1) is 5.82 Å². The van der Waals surface area contributed by atoms with E-state index in [9.17, 15) is 4.39 Å². The molecule has 0 unspecified atom stereocenters. The molecule has 0 radical (unpaired) electrons. The third kappa shape index (κ3) is 3.67. The molecule has 92 valence electrons. The number of benzene rings is 1. The van der Waals surface area contributed by atoms with Crippen molar-refractivity contribution in [3.05, 3.63) is 36.0 Å². The van der Waals surface area contributed by atoms with Crippen molar-refractivity contribution in [2.75, 3.05) is 14.1 Å². The largest absolute Gasteiger partial charge is 0.437 e. The third-order valence-corrected chi connectivity index (χ3v) is 1.88. The van der Waals surface area contributed by atoms with Gasteiger partial charge in [0, 0.05) is 0 Å². The molecule has 17 heavy (non-hydrogen) atoms. The molecule has 2 rings (SSSR count). The number of para-hydroxylation sites is 1. The minimum Gasteiger partial charge on any atom is -0.437 e. The van der Waals surface area contributed by atoms with E-state index in [1.165, 1.54) is 6.07 Å².